The smallest absolute Gasteiger partial charge is 0.193 e. The van der Waals surface area contributed by atoms with Crippen LogP contribution >= 0.6 is 24.0 Å². The Labute approximate surface area is 169 Å². The van der Waals surface area contributed by atoms with Gasteiger partial charge in [0.05, 0.1) is 0 Å². The van der Waals surface area contributed by atoms with E-state index in [1.54, 1.807) is 0 Å². The van der Waals surface area contributed by atoms with Crippen molar-refractivity contribution >= 4 is 29.9 Å². The van der Waals surface area contributed by atoms with Crippen LogP contribution in [0, 0.1) is 5.41 Å². The number of nitrogens with zero attached hydrogens (tertiary/aromatic N) is 4. The molecular formula is C19H34IN5. The van der Waals surface area contributed by atoms with Crippen molar-refractivity contribution in [1.29, 1.82) is 0 Å². The second-order valence-electron chi connectivity index (χ2n) is 7.54. The first-order valence-electron chi connectivity index (χ1n) is 9.74. The fraction of sp³-hybridized carbons (Fsp3) is 0.789. The van der Waals surface area contributed by atoms with Crippen molar-refractivity contribution in [2.75, 3.05) is 26.7 Å². The monoisotopic (exact) mass is 459 g/mol. The van der Waals surface area contributed by atoms with Gasteiger partial charge in [-0.15, -0.1) is 24.0 Å². The van der Waals surface area contributed by atoms with E-state index in [1.165, 1.54) is 57.9 Å². The number of aromatic nitrogens is 2. The molecule has 1 aromatic rings. The number of likely N-dealkylation sites (tertiary alicyclic amines) is 1. The molecule has 25 heavy (non-hydrogen) atoms. The van der Waals surface area contributed by atoms with E-state index >= 15 is 0 Å². The van der Waals surface area contributed by atoms with Crippen LogP contribution < -0.4 is 5.32 Å². The Bertz CT molecular complexity index is 506. The molecule has 1 saturated heterocycles. The molecule has 142 valence electrons. The zero-order chi connectivity index (χ0) is 16.7. The van der Waals surface area contributed by atoms with Gasteiger partial charge in [-0.3, -0.25) is 9.67 Å². The molecule has 0 aromatic carbocycles. The standard InChI is InChI=1S/C19H33N5.HI/c1-20-18(21-12-7-15-24-16-8-13-22-24)23-14-6-11-19(17-23)9-4-2-3-5-10-19;/h8,13,16H,2-7,9-12,14-15,17H2,1H3,(H,20,21);1H. The summed E-state index contributed by atoms with van der Waals surface area (Å²) in [7, 11) is 1.92. The van der Waals surface area contributed by atoms with Gasteiger partial charge in [-0.1, -0.05) is 25.7 Å². The maximum atomic E-state index is 4.56. The van der Waals surface area contributed by atoms with Crippen LogP contribution in [0.1, 0.15) is 57.8 Å². The fourth-order valence-electron chi connectivity index (χ4n) is 4.48. The third-order valence-corrected chi connectivity index (χ3v) is 5.74. The molecule has 5 nitrogen and oxygen atoms in total. The number of aliphatic imine (C=N–C) groups is 1. The van der Waals surface area contributed by atoms with Crippen LogP contribution in [0.4, 0.5) is 0 Å². The number of nitrogens with one attached hydrogen (secondary N) is 1. The van der Waals surface area contributed by atoms with Crippen molar-refractivity contribution in [1.82, 2.24) is 20.0 Å². The van der Waals surface area contributed by atoms with E-state index in [4.69, 9.17) is 0 Å². The van der Waals surface area contributed by atoms with Gasteiger partial charge < -0.3 is 10.2 Å². The molecular weight excluding hydrogens is 425 g/mol. The summed E-state index contributed by atoms with van der Waals surface area (Å²) in [4.78, 5) is 7.07. The SMILES string of the molecule is CN=C(NCCCn1cccn1)N1CCCC2(CCCCCC2)C1.I. The molecule has 2 aliphatic rings. The predicted molar refractivity (Wildman–Crippen MR) is 115 cm³/mol. The normalized spacial score (nSPS) is 20.8. The van der Waals surface area contributed by atoms with Crippen molar-refractivity contribution in [2.24, 2.45) is 10.4 Å². The number of hydrogen-bond donors (Lipinski definition) is 1. The molecule has 3 rings (SSSR count). The van der Waals surface area contributed by atoms with Gasteiger partial charge in [-0.25, -0.2) is 0 Å². The van der Waals surface area contributed by atoms with E-state index in [0.717, 1.165) is 32.0 Å². The van der Waals surface area contributed by atoms with Gasteiger partial charge >= 0.3 is 0 Å². The van der Waals surface area contributed by atoms with E-state index in [1.807, 2.05) is 30.2 Å². The second-order valence-corrected chi connectivity index (χ2v) is 7.54. The van der Waals surface area contributed by atoms with Gasteiger partial charge in [0.1, 0.15) is 0 Å². The average molecular weight is 459 g/mol. The highest BCUT2D eigenvalue weighted by Crippen LogP contribution is 2.42. The van der Waals surface area contributed by atoms with E-state index in [0.29, 0.717) is 5.41 Å². The number of guanidine groups is 1. The highest BCUT2D eigenvalue weighted by atomic mass is 127. The Morgan fingerprint density at radius 3 is 2.60 bits per heavy atom. The summed E-state index contributed by atoms with van der Waals surface area (Å²) in [5.74, 6) is 1.10. The molecule has 1 N–H and O–H groups in total. The fourth-order valence-corrected chi connectivity index (χ4v) is 4.48. The van der Waals surface area contributed by atoms with E-state index in [2.05, 4.69) is 20.3 Å². The molecule has 0 unspecified atom stereocenters. The van der Waals surface area contributed by atoms with Crippen LogP contribution in [0.5, 0.6) is 0 Å². The average Bonchev–Trinajstić information content (AvgIpc) is 3.02. The quantitative estimate of drug-likeness (QED) is 0.322. The number of rotatable bonds is 4. The summed E-state index contributed by atoms with van der Waals surface area (Å²) in [6.07, 6.45) is 16.2. The lowest BCUT2D eigenvalue weighted by atomic mass is 9.74. The van der Waals surface area contributed by atoms with Crippen molar-refractivity contribution in [3.8, 4) is 0 Å². The minimum absolute atomic E-state index is 0. The highest BCUT2D eigenvalue weighted by Gasteiger charge is 2.36. The molecule has 6 heteroatoms. The Balaban J connectivity index is 0.00000225. The summed E-state index contributed by atoms with van der Waals surface area (Å²) >= 11 is 0. The summed E-state index contributed by atoms with van der Waals surface area (Å²) in [6, 6.07) is 1.98. The summed E-state index contributed by atoms with van der Waals surface area (Å²) < 4.78 is 1.99. The number of aryl methyl sites for hydroxylation is 1. The zero-order valence-electron chi connectivity index (χ0n) is 15.6. The minimum atomic E-state index is 0. The molecule has 0 amide bonds. The van der Waals surface area contributed by atoms with Crippen molar-refractivity contribution < 1.29 is 0 Å². The Hall–Kier alpha value is -0.790. The lowest BCUT2D eigenvalue weighted by Crippen LogP contribution is -2.50. The molecule has 1 aliphatic carbocycles. The molecule has 2 fully saturated rings. The van der Waals surface area contributed by atoms with Gasteiger partial charge in [0, 0.05) is 45.6 Å². The molecule has 1 aliphatic heterocycles. The van der Waals surface area contributed by atoms with Crippen LogP contribution in [0.3, 0.4) is 0 Å². The zero-order valence-corrected chi connectivity index (χ0v) is 18.0. The largest absolute Gasteiger partial charge is 0.356 e. The Morgan fingerprint density at radius 2 is 1.92 bits per heavy atom. The summed E-state index contributed by atoms with van der Waals surface area (Å²) in [5, 5.41) is 7.83. The van der Waals surface area contributed by atoms with Crippen molar-refractivity contribution in [3.05, 3.63) is 18.5 Å². The molecule has 1 saturated carbocycles. The third-order valence-electron chi connectivity index (χ3n) is 5.74. The first kappa shape index (κ1) is 20.5. The molecule has 2 heterocycles. The number of piperidine rings is 1. The van der Waals surface area contributed by atoms with E-state index < -0.39 is 0 Å². The predicted octanol–water partition coefficient (Wildman–Crippen LogP) is 3.90. The van der Waals surface area contributed by atoms with E-state index in [-0.39, 0.29) is 24.0 Å². The van der Waals surface area contributed by atoms with Crippen LogP contribution in [0.15, 0.2) is 23.5 Å². The van der Waals surface area contributed by atoms with Gasteiger partial charge in [-0.05, 0) is 43.6 Å². The molecule has 0 bridgehead atoms. The van der Waals surface area contributed by atoms with Crippen LogP contribution in [-0.4, -0.2) is 47.3 Å². The maximum Gasteiger partial charge on any atom is 0.193 e. The maximum absolute atomic E-state index is 4.56. The van der Waals surface area contributed by atoms with Crippen molar-refractivity contribution in [3.63, 3.8) is 0 Å². The lowest BCUT2D eigenvalue weighted by Gasteiger charge is -2.44. The Morgan fingerprint density at radius 1 is 1.16 bits per heavy atom. The topological polar surface area (TPSA) is 45.5 Å². The lowest BCUT2D eigenvalue weighted by molar-refractivity contribution is 0.115. The third kappa shape index (κ3) is 5.86. The molecule has 1 aromatic heterocycles. The van der Waals surface area contributed by atoms with Crippen LogP contribution in [0.2, 0.25) is 0 Å². The van der Waals surface area contributed by atoms with Gasteiger partial charge in [0.25, 0.3) is 0 Å². The molecule has 0 atom stereocenters. The first-order valence-corrected chi connectivity index (χ1v) is 9.74. The van der Waals surface area contributed by atoms with Gasteiger partial charge in [0.15, 0.2) is 5.96 Å². The summed E-state index contributed by atoms with van der Waals surface area (Å²) in [6.45, 7) is 4.27. The summed E-state index contributed by atoms with van der Waals surface area (Å²) in [5.41, 5.74) is 0.557. The molecule has 1 spiro atoms. The van der Waals surface area contributed by atoms with Crippen LogP contribution in [-0.2, 0) is 6.54 Å². The molecule has 0 radical (unpaired) electrons. The minimum Gasteiger partial charge on any atom is -0.356 e. The van der Waals surface area contributed by atoms with E-state index in [9.17, 15) is 0 Å². The first-order chi connectivity index (χ1) is 11.8. The van der Waals surface area contributed by atoms with Gasteiger partial charge in [-0.2, -0.15) is 5.10 Å². The Kier molecular flexibility index (Phi) is 8.52. The van der Waals surface area contributed by atoms with Crippen LogP contribution in [0.25, 0.3) is 0 Å². The second kappa shape index (κ2) is 10.4. The van der Waals surface area contributed by atoms with Crippen molar-refractivity contribution in [2.45, 2.75) is 64.3 Å². The number of halogens is 1. The highest BCUT2D eigenvalue weighted by molar-refractivity contribution is 14.0. The van der Waals surface area contributed by atoms with Gasteiger partial charge in [0.2, 0.25) is 0 Å². The number of hydrogen-bond acceptors (Lipinski definition) is 2.